The van der Waals surface area contributed by atoms with E-state index < -0.39 is 14.1 Å². The van der Waals surface area contributed by atoms with Gasteiger partial charge in [0.25, 0.3) is 5.91 Å². The third-order valence-corrected chi connectivity index (χ3v) is 6.80. The van der Waals surface area contributed by atoms with E-state index in [2.05, 4.69) is 29.9 Å². The van der Waals surface area contributed by atoms with Crippen molar-refractivity contribution in [1.82, 2.24) is 24.8 Å². The van der Waals surface area contributed by atoms with Crippen LogP contribution in [0.15, 0.2) is 12.4 Å². The number of rotatable bonds is 11. The maximum atomic E-state index is 13.0. The lowest BCUT2D eigenvalue weighted by atomic mass is 10.2. The molecule has 1 aliphatic rings. The predicted octanol–water partition coefficient (Wildman–Crippen LogP) is 2.48. The standard InChI is InChI=1S/C21H33N5O3Si/c1-25(2)11-16(13-27)23-21(28)17-12-26(14-29-8-9-30(3,4)5)20-19(17)24-18(10-22-20)15-6-7-15/h10,12-13,15-16H,6-9,11,14H2,1-5H3,(H,23,28)/t16-/m0/s1. The molecule has 30 heavy (non-hydrogen) atoms. The van der Waals surface area contributed by atoms with Crippen LogP contribution in [0.1, 0.15) is 34.8 Å². The zero-order chi connectivity index (χ0) is 21.9. The van der Waals surface area contributed by atoms with E-state index in [4.69, 9.17) is 9.72 Å². The summed E-state index contributed by atoms with van der Waals surface area (Å²) in [5, 5.41) is 2.81. The Morgan fingerprint density at radius 2 is 2.13 bits per heavy atom. The van der Waals surface area contributed by atoms with Crippen LogP contribution in [-0.2, 0) is 16.3 Å². The number of likely N-dealkylation sites (N-methyl/N-ethyl adjacent to an activating group) is 1. The molecule has 9 heteroatoms. The Balaban J connectivity index is 1.83. The van der Waals surface area contributed by atoms with Crippen molar-refractivity contribution in [1.29, 1.82) is 0 Å². The Labute approximate surface area is 179 Å². The lowest BCUT2D eigenvalue weighted by Gasteiger charge is -2.16. The molecule has 1 saturated carbocycles. The second-order valence-corrected chi connectivity index (χ2v) is 15.2. The second-order valence-electron chi connectivity index (χ2n) is 9.58. The zero-order valence-corrected chi connectivity index (χ0v) is 19.6. The summed E-state index contributed by atoms with van der Waals surface area (Å²) in [6.45, 7) is 8.37. The molecule has 0 unspecified atom stereocenters. The molecule has 8 nitrogen and oxygen atoms in total. The molecule has 0 aromatic carbocycles. The zero-order valence-electron chi connectivity index (χ0n) is 18.6. The molecule has 0 aliphatic heterocycles. The first-order chi connectivity index (χ1) is 14.2. The molecule has 1 amide bonds. The molecular formula is C21H33N5O3Si. The number of ether oxygens (including phenoxy) is 1. The molecule has 1 fully saturated rings. The Morgan fingerprint density at radius 3 is 2.73 bits per heavy atom. The second kappa shape index (κ2) is 9.36. The number of carbonyl (C=O) groups is 2. The van der Waals surface area contributed by atoms with Crippen LogP contribution in [0.4, 0.5) is 0 Å². The van der Waals surface area contributed by atoms with Gasteiger partial charge in [-0.1, -0.05) is 19.6 Å². The molecule has 0 bridgehead atoms. The summed E-state index contributed by atoms with van der Waals surface area (Å²) in [7, 11) is 2.55. The Kier molecular flexibility index (Phi) is 7.05. The lowest BCUT2D eigenvalue weighted by molar-refractivity contribution is -0.109. The van der Waals surface area contributed by atoms with Crippen molar-refractivity contribution in [2.45, 2.75) is 57.2 Å². The molecule has 1 N–H and O–H groups in total. The third kappa shape index (κ3) is 5.96. The summed E-state index contributed by atoms with van der Waals surface area (Å²) in [6, 6.07) is 0.487. The maximum absolute atomic E-state index is 13.0. The highest BCUT2D eigenvalue weighted by atomic mass is 28.3. The van der Waals surface area contributed by atoms with Crippen LogP contribution in [0.3, 0.4) is 0 Å². The molecule has 1 aliphatic carbocycles. The first-order valence-corrected chi connectivity index (χ1v) is 14.2. The SMILES string of the molecule is CN(C)C[C@@H](C=O)NC(=O)c1cn(COCC[Si](C)(C)C)c2ncc(C3CC3)nc12. The molecule has 3 rings (SSSR count). The molecule has 164 valence electrons. The van der Waals surface area contributed by atoms with Crippen molar-refractivity contribution >= 4 is 31.4 Å². The van der Waals surface area contributed by atoms with Crippen LogP contribution < -0.4 is 5.32 Å². The van der Waals surface area contributed by atoms with Crippen molar-refractivity contribution in [3.63, 3.8) is 0 Å². The summed E-state index contributed by atoms with van der Waals surface area (Å²) < 4.78 is 7.71. The van der Waals surface area contributed by atoms with Crippen molar-refractivity contribution < 1.29 is 14.3 Å². The van der Waals surface area contributed by atoms with Crippen LogP contribution in [0.5, 0.6) is 0 Å². The van der Waals surface area contributed by atoms with Crippen LogP contribution in [-0.4, -0.2) is 73.0 Å². The van der Waals surface area contributed by atoms with Gasteiger partial charge in [0.2, 0.25) is 0 Å². The molecule has 0 spiro atoms. The van der Waals surface area contributed by atoms with E-state index in [1.807, 2.05) is 23.6 Å². The monoisotopic (exact) mass is 431 g/mol. The summed E-state index contributed by atoms with van der Waals surface area (Å²) in [4.78, 5) is 35.6. The van der Waals surface area contributed by atoms with E-state index >= 15 is 0 Å². The number of hydrogen-bond donors (Lipinski definition) is 1. The van der Waals surface area contributed by atoms with Crippen LogP contribution >= 0.6 is 0 Å². The molecular weight excluding hydrogens is 398 g/mol. The van der Waals surface area contributed by atoms with Crippen molar-refractivity contribution in [2.24, 2.45) is 0 Å². The number of fused-ring (bicyclic) bond motifs is 1. The number of aromatic nitrogens is 3. The Hall–Kier alpha value is -2.10. The molecule has 0 saturated heterocycles. The van der Waals surface area contributed by atoms with Crippen LogP contribution in [0, 0.1) is 0 Å². The minimum atomic E-state index is -1.17. The maximum Gasteiger partial charge on any atom is 0.255 e. The number of nitrogens with one attached hydrogen (secondary N) is 1. The van der Waals surface area contributed by atoms with E-state index in [0.717, 1.165) is 30.9 Å². The van der Waals surface area contributed by atoms with Crippen LogP contribution in [0.25, 0.3) is 11.2 Å². The first-order valence-electron chi connectivity index (χ1n) is 10.5. The predicted molar refractivity (Wildman–Crippen MR) is 119 cm³/mol. The first kappa shape index (κ1) is 22.6. The molecule has 0 radical (unpaired) electrons. The average molecular weight is 432 g/mol. The van der Waals surface area contributed by atoms with E-state index in [9.17, 15) is 9.59 Å². The number of carbonyl (C=O) groups excluding carboxylic acids is 2. The quantitative estimate of drug-likeness (QED) is 0.334. The number of nitrogens with zero attached hydrogens (tertiary/aromatic N) is 4. The van der Waals surface area contributed by atoms with Crippen molar-refractivity contribution in [3.8, 4) is 0 Å². The van der Waals surface area contributed by atoms with E-state index in [0.29, 0.717) is 42.5 Å². The third-order valence-electron chi connectivity index (χ3n) is 5.09. The van der Waals surface area contributed by atoms with Gasteiger partial charge in [-0.05, 0) is 33.0 Å². The lowest BCUT2D eigenvalue weighted by Crippen LogP contribution is -2.42. The van der Waals surface area contributed by atoms with Gasteiger partial charge in [0.15, 0.2) is 5.65 Å². The average Bonchev–Trinajstić information content (AvgIpc) is 3.45. The van der Waals surface area contributed by atoms with E-state index in [-0.39, 0.29) is 5.91 Å². The molecule has 2 aromatic rings. The Bertz CT molecular complexity index is 902. The summed E-state index contributed by atoms with van der Waals surface area (Å²) in [6.07, 6.45) is 6.53. The van der Waals surface area contributed by atoms with Gasteiger partial charge in [0.05, 0.1) is 23.5 Å². The summed E-state index contributed by atoms with van der Waals surface area (Å²) >= 11 is 0. The van der Waals surface area contributed by atoms with Crippen LogP contribution in [0.2, 0.25) is 25.7 Å². The van der Waals surface area contributed by atoms with Gasteiger partial charge in [0, 0.05) is 33.3 Å². The highest BCUT2D eigenvalue weighted by molar-refractivity contribution is 6.76. The van der Waals surface area contributed by atoms with Crippen molar-refractivity contribution in [2.75, 3.05) is 27.2 Å². The van der Waals surface area contributed by atoms with Gasteiger partial charge in [-0.2, -0.15) is 0 Å². The van der Waals surface area contributed by atoms with Gasteiger partial charge in [-0.25, -0.2) is 9.97 Å². The molecule has 2 heterocycles. The molecule has 2 aromatic heterocycles. The number of hydrogen-bond acceptors (Lipinski definition) is 6. The van der Waals surface area contributed by atoms with Gasteiger partial charge in [-0.15, -0.1) is 0 Å². The normalized spacial score (nSPS) is 15.5. The topological polar surface area (TPSA) is 89.4 Å². The Morgan fingerprint density at radius 1 is 1.40 bits per heavy atom. The highest BCUT2D eigenvalue weighted by Crippen LogP contribution is 2.39. The largest absolute Gasteiger partial charge is 0.361 e. The fourth-order valence-corrected chi connectivity index (χ4v) is 3.97. The van der Waals surface area contributed by atoms with E-state index in [1.165, 1.54) is 0 Å². The smallest absolute Gasteiger partial charge is 0.255 e. The van der Waals surface area contributed by atoms with Gasteiger partial charge in [-0.3, -0.25) is 4.79 Å². The summed E-state index contributed by atoms with van der Waals surface area (Å²) in [5.74, 6) is 0.118. The van der Waals surface area contributed by atoms with Gasteiger partial charge >= 0.3 is 0 Å². The minimum absolute atomic E-state index is 0.318. The fraction of sp³-hybridized carbons (Fsp3) is 0.619. The molecule has 1 atom stereocenters. The number of aldehydes is 1. The minimum Gasteiger partial charge on any atom is -0.361 e. The highest BCUT2D eigenvalue weighted by Gasteiger charge is 2.27. The number of amides is 1. The fourth-order valence-electron chi connectivity index (χ4n) is 3.21. The van der Waals surface area contributed by atoms with Gasteiger partial charge in [0.1, 0.15) is 18.5 Å². The van der Waals surface area contributed by atoms with E-state index in [1.54, 1.807) is 12.4 Å². The summed E-state index contributed by atoms with van der Waals surface area (Å²) in [5.41, 5.74) is 2.56. The van der Waals surface area contributed by atoms with Gasteiger partial charge < -0.3 is 24.3 Å². The van der Waals surface area contributed by atoms with Crippen molar-refractivity contribution in [3.05, 3.63) is 23.7 Å².